The van der Waals surface area contributed by atoms with E-state index in [1.54, 1.807) is 0 Å². The van der Waals surface area contributed by atoms with Crippen LogP contribution in [0.5, 0.6) is 0 Å². The van der Waals surface area contributed by atoms with Crippen LogP contribution in [0.2, 0.25) is 0 Å². The van der Waals surface area contributed by atoms with Crippen LogP contribution in [0, 0.1) is 5.92 Å². The number of nitrogens with one attached hydrogen (secondary N) is 1. The maximum atomic E-state index is 11.0. The lowest BCUT2D eigenvalue weighted by Crippen LogP contribution is -2.20. The van der Waals surface area contributed by atoms with E-state index in [1.165, 1.54) is 6.08 Å². The first-order valence-electron chi connectivity index (χ1n) is 4.69. The molecule has 0 radical (unpaired) electrons. The fourth-order valence-corrected chi connectivity index (χ4v) is 0.674. The van der Waals surface area contributed by atoms with E-state index < -0.39 is 5.97 Å². The molecule has 4 nitrogen and oxygen atoms in total. The molecule has 0 aromatic heterocycles. The van der Waals surface area contributed by atoms with Gasteiger partial charge < -0.3 is 10.1 Å². The van der Waals surface area contributed by atoms with Crippen LogP contribution in [0.25, 0.3) is 0 Å². The number of rotatable bonds is 5. The fourth-order valence-electron chi connectivity index (χ4n) is 0.674. The lowest BCUT2D eigenvalue weighted by Gasteiger charge is -2.03. The van der Waals surface area contributed by atoms with Gasteiger partial charge in [-0.25, -0.2) is 4.79 Å². The van der Waals surface area contributed by atoms with Crippen molar-refractivity contribution in [3.8, 4) is 0 Å². The Balaban J connectivity index is 3.76. The van der Waals surface area contributed by atoms with Gasteiger partial charge in [-0.2, -0.15) is 0 Å². The fraction of sp³-hybridized carbons (Fsp3) is 0.600. The van der Waals surface area contributed by atoms with Crippen LogP contribution in [0.1, 0.15) is 20.8 Å². The van der Waals surface area contributed by atoms with Crippen molar-refractivity contribution in [1.82, 2.24) is 5.32 Å². The molecule has 80 valence electrons. The van der Waals surface area contributed by atoms with Gasteiger partial charge in [0.1, 0.15) is 0 Å². The zero-order chi connectivity index (χ0) is 11.0. The van der Waals surface area contributed by atoms with Crippen LogP contribution in [0.4, 0.5) is 0 Å². The number of hydrogen-bond acceptors (Lipinski definition) is 3. The molecule has 0 spiro atoms. The Morgan fingerprint density at radius 3 is 2.50 bits per heavy atom. The Morgan fingerprint density at radius 2 is 2.00 bits per heavy atom. The van der Waals surface area contributed by atoms with Gasteiger partial charge in [-0.3, -0.25) is 4.79 Å². The highest BCUT2D eigenvalue weighted by atomic mass is 16.5. The summed E-state index contributed by atoms with van der Waals surface area (Å²) < 4.78 is 4.83. The van der Waals surface area contributed by atoms with Crippen LogP contribution in [0.3, 0.4) is 0 Å². The predicted molar refractivity (Wildman–Crippen MR) is 53.6 cm³/mol. The minimum absolute atomic E-state index is 0.283. The second-order valence-corrected chi connectivity index (χ2v) is 3.25. The number of ether oxygens (including phenoxy) is 1. The molecule has 0 aliphatic carbocycles. The van der Waals surface area contributed by atoms with E-state index in [2.05, 4.69) is 5.32 Å². The van der Waals surface area contributed by atoms with Gasteiger partial charge >= 0.3 is 5.97 Å². The summed E-state index contributed by atoms with van der Waals surface area (Å²) in [4.78, 5) is 21.8. The molecular formula is C10H17NO3. The van der Waals surface area contributed by atoms with Gasteiger partial charge in [0.2, 0.25) is 5.91 Å². The van der Waals surface area contributed by atoms with Crippen molar-refractivity contribution in [2.75, 3.05) is 13.2 Å². The molecule has 0 aromatic carbocycles. The van der Waals surface area contributed by atoms with Crippen LogP contribution in [-0.2, 0) is 14.3 Å². The van der Waals surface area contributed by atoms with Gasteiger partial charge in [0.25, 0.3) is 0 Å². The summed E-state index contributed by atoms with van der Waals surface area (Å²) in [7, 11) is 0. The van der Waals surface area contributed by atoms with Crippen LogP contribution < -0.4 is 5.32 Å². The zero-order valence-electron chi connectivity index (χ0n) is 8.87. The van der Waals surface area contributed by atoms with Crippen molar-refractivity contribution in [1.29, 1.82) is 0 Å². The molecule has 0 atom stereocenters. The smallest absolute Gasteiger partial charge is 0.330 e. The molecule has 0 heterocycles. The topological polar surface area (TPSA) is 55.4 Å². The molecule has 0 rings (SSSR count). The zero-order valence-corrected chi connectivity index (χ0v) is 8.87. The van der Waals surface area contributed by atoms with E-state index in [4.69, 9.17) is 4.74 Å². The Hall–Kier alpha value is -1.32. The first-order chi connectivity index (χ1) is 6.56. The van der Waals surface area contributed by atoms with Crippen LogP contribution in [-0.4, -0.2) is 25.0 Å². The second kappa shape index (κ2) is 7.12. The molecule has 0 saturated carbocycles. The van der Waals surface area contributed by atoms with Crippen LogP contribution >= 0.6 is 0 Å². The van der Waals surface area contributed by atoms with E-state index in [0.717, 1.165) is 6.08 Å². The highest BCUT2D eigenvalue weighted by Gasteiger charge is 2.00. The molecule has 0 saturated heterocycles. The van der Waals surface area contributed by atoms with Crippen molar-refractivity contribution in [3.63, 3.8) is 0 Å². The summed E-state index contributed by atoms with van der Waals surface area (Å²) in [5.41, 5.74) is 0. The maximum absolute atomic E-state index is 11.0. The minimum atomic E-state index is -0.482. The van der Waals surface area contributed by atoms with Crippen molar-refractivity contribution in [3.05, 3.63) is 12.2 Å². The Kier molecular flexibility index (Phi) is 6.45. The van der Waals surface area contributed by atoms with Gasteiger partial charge in [0.05, 0.1) is 6.61 Å². The van der Waals surface area contributed by atoms with Crippen molar-refractivity contribution >= 4 is 11.9 Å². The van der Waals surface area contributed by atoms with Gasteiger partial charge in [-0.1, -0.05) is 13.8 Å². The number of carbonyl (C=O) groups is 2. The van der Waals surface area contributed by atoms with E-state index in [9.17, 15) is 9.59 Å². The van der Waals surface area contributed by atoms with E-state index in [1.807, 2.05) is 20.8 Å². The summed E-state index contributed by atoms with van der Waals surface area (Å²) in [6.45, 7) is 6.62. The van der Waals surface area contributed by atoms with Gasteiger partial charge in [-0.05, 0) is 12.8 Å². The summed E-state index contributed by atoms with van der Waals surface area (Å²) >= 11 is 0. The maximum Gasteiger partial charge on any atom is 0.330 e. The Labute approximate surface area is 84.3 Å². The molecular weight excluding hydrogens is 182 g/mol. The lowest BCUT2D eigenvalue weighted by atomic mass is 10.2. The molecule has 0 bridgehead atoms. The van der Waals surface area contributed by atoms with Gasteiger partial charge in [0, 0.05) is 18.7 Å². The highest BCUT2D eigenvalue weighted by Crippen LogP contribution is 1.93. The number of hydrogen-bond donors (Lipinski definition) is 1. The first kappa shape index (κ1) is 12.7. The molecule has 0 fully saturated rings. The molecule has 0 aliphatic rings. The molecule has 0 aliphatic heterocycles. The first-order valence-corrected chi connectivity index (χ1v) is 4.69. The average molecular weight is 199 g/mol. The van der Waals surface area contributed by atoms with Crippen LogP contribution in [0.15, 0.2) is 12.2 Å². The third kappa shape index (κ3) is 7.34. The quantitative estimate of drug-likeness (QED) is 0.528. The van der Waals surface area contributed by atoms with Crippen molar-refractivity contribution in [2.45, 2.75) is 20.8 Å². The molecule has 14 heavy (non-hydrogen) atoms. The monoisotopic (exact) mass is 199 g/mol. The molecule has 0 aromatic rings. The largest absolute Gasteiger partial charge is 0.462 e. The highest BCUT2D eigenvalue weighted by molar-refractivity contribution is 5.94. The third-order valence-corrected chi connectivity index (χ3v) is 1.28. The summed E-state index contributed by atoms with van der Waals surface area (Å²) in [6.07, 6.45) is 2.31. The molecule has 4 heteroatoms. The summed E-state index contributed by atoms with van der Waals surface area (Å²) in [5.74, 6) is -0.462. The van der Waals surface area contributed by atoms with Gasteiger partial charge in [0.15, 0.2) is 0 Å². The second-order valence-electron chi connectivity index (χ2n) is 3.25. The number of esters is 1. The Bertz CT molecular complexity index is 221. The molecule has 1 N–H and O–H groups in total. The van der Waals surface area contributed by atoms with Crippen molar-refractivity contribution < 1.29 is 14.3 Å². The minimum Gasteiger partial charge on any atom is -0.462 e. The lowest BCUT2D eigenvalue weighted by molar-refractivity contribution is -0.139. The van der Waals surface area contributed by atoms with E-state index >= 15 is 0 Å². The molecule has 0 unspecified atom stereocenters. The number of carbonyl (C=O) groups excluding carboxylic acids is 2. The van der Waals surface area contributed by atoms with Crippen molar-refractivity contribution in [2.24, 2.45) is 5.92 Å². The summed E-state index contributed by atoms with van der Waals surface area (Å²) in [6, 6.07) is 0. The normalized spacial score (nSPS) is 10.6. The Morgan fingerprint density at radius 1 is 1.36 bits per heavy atom. The number of likely N-dealkylation sites (N-methyl/N-ethyl adjacent to an activating group) is 1. The molecule has 1 amide bonds. The van der Waals surface area contributed by atoms with Gasteiger partial charge in [-0.15, -0.1) is 0 Å². The third-order valence-electron chi connectivity index (χ3n) is 1.28. The van der Waals surface area contributed by atoms with E-state index in [-0.39, 0.29) is 5.91 Å². The number of amides is 1. The SMILES string of the molecule is CCNC(=O)C=CC(=O)OCC(C)C. The summed E-state index contributed by atoms with van der Waals surface area (Å²) in [5, 5.41) is 2.53. The predicted octanol–water partition coefficient (Wildman–Crippen LogP) is 0.878. The average Bonchev–Trinajstić information content (AvgIpc) is 2.12. The standard InChI is InChI=1S/C10H17NO3/c1-4-11-9(12)5-6-10(13)14-7-8(2)3/h5-6,8H,4,7H2,1-3H3,(H,11,12). The van der Waals surface area contributed by atoms with E-state index in [0.29, 0.717) is 19.1 Å².